The Morgan fingerprint density at radius 3 is 2.63 bits per heavy atom. The molecule has 0 radical (unpaired) electrons. The minimum Gasteiger partial charge on any atom is -0.268 e. The Morgan fingerprint density at radius 2 is 2.00 bits per heavy atom. The lowest BCUT2D eigenvalue weighted by molar-refractivity contribution is 0.589. The molecule has 0 amide bonds. The first kappa shape index (κ1) is 13.8. The third-order valence-electron chi connectivity index (χ3n) is 2.59. The van der Waals surface area contributed by atoms with E-state index < -0.39 is 15.4 Å². The monoisotopic (exact) mass is 298 g/mol. The summed E-state index contributed by atoms with van der Waals surface area (Å²) in [5.74, 6) is -0.257. The van der Waals surface area contributed by atoms with E-state index >= 15 is 0 Å². The molecule has 0 saturated carbocycles. The molecule has 0 aliphatic carbocycles. The number of aryl methyl sites for hydroxylation is 1. The fourth-order valence-electron chi connectivity index (χ4n) is 1.60. The van der Waals surface area contributed by atoms with Crippen molar-refractivity contribution in [3.63, 3.8) is 0 Å². The summed E-state index contributed by atoms with van der Waals surface area (Å²) in [7, 11) is -3.64. The maximum atomic E-state index is 12.1. The normalized spacial score (nSPS) is 11.5. The molecule has 19 heavy (non-hydrogen) atoms. The van der Waals surface area contributed by atoms with Crippen molar-refractivity contribution in [2.24, 2.45) is 0 Å². The number of sulfone groups is 1. The number of H-pyrrole nitrogens is 1. The van der Waals surface area contributed by atoms with Crippen LogP contribution >= 0.6 is 11.6 Å². The van der Waals surface area contributed by atoms with Crippen molar-refractivity contribution in [2.75, 3.05) is 0 Å². The van der Waals surface area contributed by atoms with Crippen LogP contribution in [0.5, 0.6) is 0 Å². The molecule has 0 atom stereocenters. The summed E-state index contributed by atoms with van der Waals surface area (Å²) in [6.45, 7) is 1.80. The molecule has 0 bridgehead atoms. The van der Waals surface area contributed by atoms with E-state index in [9.17, 15) is 13.2 Å². The zero-order chi connectivity index (χ0) is 14.0. The highest BCUT2D eigenvalue weighted by atomic mass is 35.5. The molecule has 0 fully saturated rings. The Kier molecular flexibility index (Phi) is 3.73. The second kappa shape index (κ2) is 5.14. The van der Waals surface area contributed by atoms with Gasteiger partial charge in [0.05, 0.1) is 5.75 Å². The molecule has 2 rings (SSSR count). The van der Waals surface area contributed by atoms with Gasteiger partial charge in [-0.25, -0.2) is 13.5 Å². The summed E-state index contributed by atoms with van der Waals surface area (Å²) in [6, 6.07) is 7.50. The fraction of sp³-hybridized carbons (Fsp3) is 0.167. The predicted molar refractivity (Wildman–Crippen MR) is 71.9 cm³/mol. The highest BCUT2D eigenvalue weighted by Crippen LogP contribution is 2.23. The minimum atomic E-state index is -3.64. The highest BCUT2D eigenvalue weighted by molar-refractivity contribution is 7.90. The second-order valence-corrected chi connectivity index (χ2v) is 6.38. The van der Waals surface area contributed by atoms with Crippen LogP contribution in [-0.4, -0.2) is 18.6 Å². The maximum Gasteiger partial charge on any atom is 0.264 e. The fourth-order valence-corrected chi connectivity index (χ4v) is 3.13. The van der Waals surface area contributed by atoms with Gasteiger partial charge in [-0.2, -0.15) is 5.10 Å². The van der Waals surface area contributed by atoms with Crippen LogP contribution in [0.1, 0.15) is 11.1 Å². The largest absolute Gasteiger partial charge is 0.268 e. The Hall–Kier alpha value is -1.66. The zero-order valence-corrected chi connectivity index (χ0v) is 11.6. The molecule has 100 valence electrons. The number of aromatic nitrogens is 2. The van der Waals surface area contributed by atoms with Gasteiger partial charge in [-0.05, 0) is 24.1 Å². The summed E-state index contributed by atoms with van der Waals surface area (Å²) in [6.07, 6.45) is 0. The van der Waals surface area contributed by atoms with Crippen molar-refractivity contribution in [3.8, 4) is 0 Å². The standard InChI is InChI=1S/C12H11ClN2O3S/c1-8-3-2-4-9(12(8)13)7-19(17,18)11-6-5-10(16)14-15-11/h2-6H,7H2,1H3,(H,14,16). The van der Waals surface area contributed by atoms with Crippen LogP contribution in [0, 0.1) is 6.92 Å². The smallest absolute Gasteiger partial charge is 0.264 e. The van der Waals surface area contributed by atoms with Crippen LogP contribution in [-0.2, 0) is 15.6 Å². The number of hydrogen-bond acceptors (Lipinski definition) is 4. The molecule has 0 unspecified atom stereocenters. The third-order valence-corrected chi connectivity index (χ3v) is 4.69. The molecule has 5 nitrogen and oxygen atoms in total. The van der Waals surface area contributed by atoms with Gasteiger partial charge in [-0.15, -0.1) is 0 Å². The van der Waals surface area contributed by atoms with Gasteiger partial charge in [0.1, 0.15) is 0 Å². The minimum absolute atomic E-state index is 0.176. The van der Waals surface area contributed by atoms with Crippen molar-refractivity contribution < 1.29 is 8.42 Å². The number of aromatic amines is 1. The van der Waals surface area contributed by atoms with Gasteiger partial charge in [0.15, 0.2) is 5.03 Å². The predicted octanol–water partition coefficient (Wildman–Crippen LogP) is 1.71. The van der Waals surface area contributed by atoms with E-state index in [1.165, 1.54) is 6.07 Å². The summed E-state index contributed by atoms with van der Waals surface area (Å²) in [5, 5.41) is 5.88. The number of halogens is 1. The van der Waals surface area contributed by atoms with E-state index in [2.05, 4.69) is 10.2 Å². The molecule has 7 heteroatoms. The molecule has 0 saturated heterocycles. The summed E-state index contributed by atoms with van der Waals surface area (Å²) in [4.78, 5) is 10.9. The van der Waals surface area contributed by atoms with Crippen molar-refractivity contribution in [1.29, 1.82) is 0 Å². The number of hydrogen-bond donors (Lipinski definition) is 1. The lowest BCUT2D eigenvalue weighted by Gasteiger charge is -2.07. The molecular weight excluding hydrogens is 288 g/mol. The molecule has 0 aliphatic heterocycles. The number of nitrogens with one attached hydrogen (secondary N) is 1. The quantitative estimate of drug-likeness (QED) is 0.935. The molecule has 2 aromatic rings. The van der Waals surface area contributed by atoms with Crippen molar-refractivity contribution in [2.45, 2.75) is 17.7 Å². The second-order valence-electron chi connectivity index (χ2n) is 4.07. The molecule has 1 aromatic heterocycles. The lowest BCUT2D eigenvalue weighted by Crippen LogP contribution is -2.13. The van der Waals surface area contributed by atoms with Gasteiger partial charge in [0, 0.05) is 11.1 Å². The molecule has 1 aromatic carbocycles. The van der Waals surface area contributed by atoms with Crippen molar-refractivity contribution >= 4 is 21.4 Å². The Bertz CT molecular complexity index is 748. The molecule has 0 aliphatic rings. The van der Waals surface area contributed by atoms with E-state index in [4.69, 9.17) is 11.6 Å². The van der Waals surface area contributed by atoms with Gasteiger partial charge in [-0.3, -0.25) is 4.79 Å². The van der Waals surface area contributed by atoms with Crippen LogP contribution in [0.15, 0.2) is 40.2 Å². The van der Waals surface area contributed by atoms with Gasteiger partial charge in [-0.1, -0.05) is 29.8 Å². The Morgan fingerprint density at radius 1 is 1.26 bits per heavy atom. The van der Waals surface area contributed by atoms with Gasteiger partial charge in [0.25, 0.3) is 5.56 Å². The summed E-state index contributed by atoms with van der Waals surface area (Å²) in [5.41, 5.74) is 0.867. The average Bonchev–Trinajstić information content (AvgIpc) is 2.35. The number of nitrogens with zero attached hydrogens (tertiary/aromatic N) is 1. The first-order valence-electron chi connectivity index (χ1n) is 5.42. The van der Waals surface area contributed by atoms with E-state index in [-0.39, 0.29) is 10.8 Å². The van der Waals surface area contributed by atoms with Crippen molar-refractivity contribution in [1.82, 2.24) is 10.2 Å². The van der Waals surface area contributed by atoms with Gasteiger partial charge < -0.3 is 0 Å². The highest BCUT2D eigenvalue weighted by Gasteiger charge is 2.19. The van der Waals surface area contributed by atoms with Crippen LogP contribution in [0.4, 0.5) is 0 Å². The SMILES string of the molecule is Cc1cccc(CS(=O)(=O)c2ccc(=O)[nH]n2)c1Cl. The molecule has 1 heterocycles. The van der Waals surface area contributed by atoms with E-state index in [1.807, 2.05) is 0 Å². The van der Waals surface area contributed by atoms with Crippen LogP contribution in [0.3, 0.4) is 0 Å². The lowest BCUT2D eigenvalue weighted by atomic mass is 10.2. The van der Waals surface area contributed by atoms with Crippen LogP contribution in [0.25, 0.3) is 0 Å². The average molecular weight is 299 g/mol. The molecule has 1 N–H and O–H groups in total. The van der Waals surface area contributed by atoms with E-state index in [0.29, 0.717) is 10.6 Å². The zero-order valence-electron chi connectivity index (χ0n) is 10.1. The van der Waals surface area contributed by atoms with E-state index in [1.54, 1.807) is 25.1 Å². The Balaban J connectivity index is 2.39. The first-order chi connectivity index (χ1) is 8.90. The molecule has 0 spiro atoms. The van der Waals surface area contributed by atoms with Crippen molar-refractivity contribution in [3.05, 3.63) is 56.8 Å². The first-order valence-corrected chi connectivity index (χ1v) is 7.45. The topological polar surface area (TPSA) is 79.9 Å². The maximum absolute atomic E-state index is 12.1. The van der Waals surface area contributed by atoms with Gasteiger partial charge in [0.2, 0.25) is 9.84 Å². The third kappa shape index (κ3) is 3.02. The summed E-state index contributed by atoms with van der Waals surface area (Å²) >= 11 is 6.07. The van der Waals surface area contributed by atoms with Gasteiger partial charge >= 0.3 is 0 Å². The van der Waals surface area contributed by atoms with Crippen LogP contribution in [0.2, 0.25) is 5.02 Å². The number of benzene rings is 1. The van der Waals surface area contributed by atoms with Crippen LogP contribution < -0.4 is 5.56 Å². The summed E-state index contributed by atoms with van der Waals surface area (Å²) < 4.78 is 24.3. The van der Waals surface area contributed by atoms with E-state index in [0.717, 1.165) is 11.6 Å². The number of rotatable bonds is 3. The molecular formula is C12H11ClN2O3S. The Labute approximate surface area is 115 Å².